The Labute approximate surface area is 122 Å². The van der Waals surface area contributed by atoms with Crippen LogP contribution in [0.4, 0.5) is 5.69 Å². The SMILES string of the molecule is CN1CCOC(CNCCCN(C)c2ccccc2)C1. The quantitative estimate of drug-likeness (QED) is 0.763. The van der Waals surface area contributed by atoms with Crippen molar-refractivity contribution in [3.05, 3.63) is 30.3 Å². The molecule has 1 aliphatic heterocycles. The maximum absolute atomic E-state index is 5.73. The smallest absolute Gasteiger partial charge is 0.0826 e. The molecule has 0 bridgehead atoms. The van der Waals surface area contributed by atoms with Crippen molar-refractivity contribution >= 4 is 5.69 Å². The minimum atomic E-state index is 0.348. The van der Waals surface area contributed by atoms with Crippen LogP contribution in [0, 0.1) is 0 Å². The fraction of sp³-hybridized carbons (Fsp3) is 0.625. The Bertz CT molecular complexity index is 371. The lowest BCUT2D eigenvalue weighted by Crippen LogP contribution is -2.45. The predicted molar refractivity (Wildman–Crippen MR) is 84.4 cm³/mol. The first-order valence-electron chi connectivity index (χ1n) is 7.53. The fourth-order valence-electron chi connectivity index (χ4n) is 2.51. The van der Waals surface area contributed by atoms with E-state index < -0.39 is 0 Å². The van der Waals surface area contributed by atoms with E-state index in [1.807, 2.05) is 0 Å². The zero-order valence-corrected chi connectivity index (χ0v) is 12.7. The number of hydrogen-bond donors (Lipinski definition) is 1. The van der Waals surface area contributed by atoms with E-state index in [0.717, 1.165) is 45.8 Å². The zero-order chi connectivity index (χ0) is 14.2. The topological polar surface area (TPSA) is 27.7 Å². The maximum Gasteiger partial charge on any atom is 0.0826 e. The number of likely N-dealkylation sites (N-methyl/N-ethyl adjacent to an activating group) is 1. The molecule has 2 rings (SSSR count). The first kappa shape index (κ1) is 15.3. The molecule has 4 nitrogen and oxygen atoms in total. The summed E-state index contributed by atoms with van der Waals surface area (Å²) < 4.78 is 5.73. The molecule has 1 atom stereocenters. The van der Waals surface area contributed by atoms with Crippen LogP contribution in [-0.2, 0) is 4.74 Å². The summed E-state index contributed by atoms with van der Waals surface area (Å²) >= 11 is 0. The second-order valence-electron chi connectivity index (χ2n) is 5.57. The summed E-state index contributed by atoms with van der Waals surface area (Å²) in [4.78, 5) is 4.63. The van der Waals surface area contributed by atoms with Gasteiger partial charge in [0, 0.05) is 38.9 Å². The van der Waals surface area contributed by atoms with Crippen LogP contribution < -0.4 is 10.2 Å². The molecular formula is C16H27N3O. The van der Waals surface area contributed by atoms with Crippen molar-refractivity contribution in [2.75, 3.05) is 58.3 Å². The number of benzene rings is 1. The molecule has 112 valence electrons. The average Bonchev–Trinajstić information content (AvgIpc) is 2.48. The van der Waals surface area contributed by atoms with Crippen molar-refractivity contribution in [2.24, 2.45) is 0 Å². The van der Waals surface area contributed by atoms with Crippen molar-refractivity contribution in [1.82, 2.24) is 10.2 Å². The number of para-hydroxylation sites is 1. The van der Waals surface area contributed by atoms with E-state index in [4.69, 9.17) is 4.74 Å². The molecule has 0 amide bonds. The van der Waals surface area contributed by atoms with Crippen LogP contribution >= 0.6 is 0 Å². The van der Waals surface area contributed by atoms with E-state index in [1.165, 1.54) is 5.69 Å². The molecule has 1 heterocycles. The second-order valence-corrected chi connectivity index (χ2v) is 5.57. The molecule has 1 aliphatic rings. The van der Waals surface area contributed by atoms with E-state index in [2.05, 4.69) is 59.5 Å². The Morgan fingerprint density at radius 3 is 2.90 bits per heavy atom. The van der Waals surface area contributed by atoms with Crippen LogP contribution in [0.15, 0.2) is 30.3 Å². The summed E-state index contributed by atoms with van der Waals surface area (Å²) in [5.41, 5.74) is 1.28. The maximum atomic E-state index is 5.73. The number of hydrogen-bond acceptors (Lipinski definition) is 4. The van der Waals surface area contributed by atoms with Crippen molar-refractivity contribution in [1.29, 1.82) is 0 Å². The third-order valence-corrected chi connectivity index (χ3v) is 3.76. The van der Waals surface area contributed by atoms with Gasteiger partial charge in [-0.2, -0.15) is 0 Å². The third kappa shape index (κ3) is 5.12. The van der Waals surface area contributed by atoms with Crippen LogP contribution in [0.3, 0.4) is 0 Å². The fourth-order valence-corrected chi connectivity index (χ4v) is 2.51. The zero-order valence-electron chi connectivity index (χ0n) is 12.7. The molecule has 0 spiro atoms. The van der Waals surface area contributed by atoms with Gasteiger partial charge in [-0.05, 0) is 32.1 Å². The normalized spacial score (nSPS) is 20.0. The lowest BCUT2D eigenvalue weighted by atomic mass is 10.2. The molecule has 4 heteroatoms. The second kappa shape index (κ2) is 8.25. The first-order chi connectivity index (χ1) is 9.75. The van der Waals surface area contributed by atoms with Gasteiger partial charge in [-0.25, -0.2) is 0 Å². The van der Waals surface area contributed by atoms with Gasteiger partial charge in [0.2, 0.25) is 0 Å². The molecule has 1 aromatic rings. The molecule has 1 fully saturated rings. The lowest BCUT2D eigenvalue weighted by Gasteiger charge is -2.30. The van der Waals surface area contributed by atoms with Gasteiger partial charge in [-0.15, -0.1) is 0 Å². The highest BCUT2D eigenvalue weighted by molar-refractivity contribution is 5.44. The van der Waals surface area contributed by atoms with E-state index in [1.54, 1.807) is 0 Å². The Balaban J connectivity index is 1.55. The van der Waals surface area contributed by atoms with E-state index in [0.29, 0.717) is 6.10 Å². The van der Waals surface area contributed by atoms with Crippen LogP contribution in [0.5, 0.6) is 0 Å². The number of rotatable bonds is 7. The largest absolute Gasteiger partial charge is 0.375 e. The summed E-state index contributed by atoms with van der Waals surface area (Å²) in [5.74, 6) is 0. The molecular weight excluding hydrogens is 250 g/mol. The van der Waals surface area contributed by atoms with Crippen LogP contribution in [0.1, 0.15) is 6.42 Å². The van der Waals surface area contributed by atoms with Crippen molar-refractivity contribution in [3.8, 4) is 0 Å². The number of morpholine rings is 1. The van der Waals surface area contributed by atoms with Gasteiger partial charge >= 0.3 is 0 Å². The standard InChI is InChI=1S/C16H27N3O/c1-18-11-12-20-16(14-18)13-17-9-6-10-19(2)15-7-4-3-5-8-15/h3-5,7-8,16-17H,6,9-14H2,1-2H3. The van der Waals surface area contributed by atoms with Gasteiger partial charge in [-0.1, -0.05) is 18.2 Å². The molecule has 1 aromatic carbocycles. The van der Waals surface area contributed by atoms with E-state index in [9.17, 15) is 0 Å². The Morgan fingerprint density at radius 1 is 1.35 bits per heavy atom. The number of anilines is 1. The molecule has 1 unspecified atom stereocenters. The van der Waals surface area contributed by atoms with Crippen LogP contribution in [0.25, 0.3) is 0 Å². The lowest BCUT2D eigenvalue weighted by molar-refractivity contribution is -0.0179. The summed E-state index contributed by atoms with van der Waals surface area (Å²) in [5, 5.41) is 3.50. The highest BCUT2D eigenvalue weighted by Gasteiger charge is 2.16. The average molecular weight is 277 g/mol. The molecule has 0 saturated carbocycles. The summed E-state index contributed by atoms with van der Waals surface area (Å²) in [6.07, 6.45) is 1.49. The van der Waals surface area contributed by atoms with Gasteiger partial charge in [0.25, 0.3) is 0 Å². The summed E-state index contributed by atoms with van der Waals surface area (Å²) in [6, 6.07) is 10.5. The van der Waals surface area contributed by atoms with Crippen LogP contribution in [0.2, 0.25) is 0 Å². The molecule has 20 heavy (non-hydrogen) atoms. The summed E-state index contributed by atoms with van der Waals surface area (Å²) in [7, 11) is 4.30. The van der Waals surface area contributed by atoms with Gasteiger partial charge in [0.1, 0.15) is 0 Å². The van der Waals surface area contributed by atoms with Gasteiger partial charge in [-0.3, -0.25) is 0 Å². The molecule has 1 N–H and O–H groups in total. The highest BCUT2D eigenvalue weighted by Crippen LogP contribution is 2.10. The van der Waals surface area contributed by atoms with Gasteiger partial charge in [0.15, 0.2) is 0 Å². The van der Waals surface area contributed by atoms with Gasteiger partial charge < -0.3 is 19.9 Å². The van der Waals surface area contributed by atoms with Gasteiger partial charge in [0.05, 0.1) is 12.7 Å². The van der Waals surface area contributed by atoms with Crippen molar-refractivity contribution in [3.63, 3.8) is 0 Å². The molecule has 0 aliphatic carbocycles. The Kier molecular flexibility index (Phi) is 6.30. The molecule has 1 saturated heterocycles. The van der Waals surface area contributed by atoms with E-state index >= 15 is 0 Å². The third-order valence-electron chi connectivity index (χ3n) is 3.76. The monoisotopic (exact) mass is 277 g/mol. The predicted octanol–water partition coefficient (Wildman–Crippen LogP) is 1.43. The molecule has 0 radical (unpaired) electrons. The first-order valence-corrected chi connectivity index (χ1v) is 7.53. The van der Waals surface area contributed by atoms with Crippen LogP contribution in [-0.4, -0.2) is 64.4 Å². The Morgan fingerprint density at radius 2 is 2.15 bits per heavy atom. The number of nitrogens with zero attached hydrogens (tertiary/aromatic N) is 2. The number of nitrogens with one attached hydrogen (secondary N) is 1. The number of ether oxygens (including phenoxy) is 1. The minimum Gasteiger partial charge on any atom is -0.375 e. The van der Waals surface area contributed by atoms with Crippen molar-refractivity contribution < 1.29 is 4.74 Å². The van der Waals surface area contributed by atoms with E-state index in [-0.39, 0.29) is 0 Å². The summed E-state index contributed by atoms with van der Waals surface area (Å²) in [6.45, 7) is 6.03. The Hall–Kier alpha value is -1.10. The molecule has 0 aromatic heterocycles. The minimum absolute atomic E-state index is 0.348. The van der Waals surface area contributed by atoms with Crippen molar-refractivity contribution in [2.45, 2.75) is 12.5 Å². The highest BCUT2D eigenvalue weighted by atomic mass is 16.5.